The van der Waals surface area contributed by atoms with Crippen molar-refractivity contribution in [1.82, 2.24) is 4.90 Å². The van der Waals surface area contributed by atoms with E-state index in [1.165, 1.54) is 40.3 Å². The summed E-state index contributed by atoms with van der Waals surface area (Å²) in [5.41, 5.74) is 4.49. The van der Waals surface area contributed by atoms with Crippen molar-refractivity contribution in [1.29, 1.82) is 0 Å². The second-order valence-corrected chi connectivity index (χ2v) is 12.4. The number of alkyl halides is 1. The zero-order chi connectivity index (χ0) is 23.8. The van der Waals surface area contributed by atoms with E-state index in [-0.39, 0.29) is 23.3 Å². The normalized spacial score (nSPS) is 39.7. The van der Waals surface area contributed by atoms with Crippen LogP contribution < -0.4 is 0 Å². The number of rotatable bonds is 4. The van der Waals surface area contributed by atoms with E-state index < -0.39 is 0 Å². The third-order valence-electron chi connectivity index (χ3n) is 10.9. The highest BCUT2D eigenvalue weighted by Gasteiger charge is 2.66. The van der Waals surface area contributed by atoms with Crippen LogP contribution in [0.15, 0.2) is 65.8 Å². The Labute approximate surface area is 209 Å². The predicted molar refractivity (Wildman–Crippen MR) is 140 cm³/mol. The van der Waals surface area contributed by atoms with Crippen LogP contribution in [0.25, 0.3) is 10.8 Å². The van der Waals surface area contributed by atoms with Crippen LogP contribution in [-0.2, 0) is 4.74 Å². The molecule has 2 aromatic rings. The molecule has 35 heavy (non-hydrogen) atoms. The van der Waals surface area contributed by atoms with Gasteiger partial charge in [0.25, 0.3) is 0 Å². The molecule has 0 aromatic heterocycles. The average Bonchev–Trinajstić information content (AvgIpc) is 3.38. The molecule has 2 spiro atoms. The molecule has 2 saturated carbocycles. The van der Waals surface area contributed by atoms with Crippen LogP contribution in [0.5, 0.6) is 0 Å². The molecular formula is C32H38FNO. The van der Waals surface area contributed by atoms with Crippen molar-refractivity contribution in [2.75, 3.05) is 20.3 Å². The maximum Gasteiger partial charge on any atom is 0.102 e. The molecule has 5 aliphatic rings. The molecule has 0 unspecified atom stereocenters. The lowest BCUT2D eigenvalue weighted by atomic mass is 9.58. The molecule has 0 radical (unpaired) electrons. The van der Waals surface area contributed by atoms with Gasteiger partial charge in [0.05, 0.1) is 11.2 Å². The van der Waals surface area contributed by atoms with Crippen LogP contribution in [0.2, 0.25) is 0 Å². The lowest BCUT2D eigenvalue weighted by molar-refractivity contribution is -0.140. The highest BCUT2D eigenvalue weighted by molar-refractivity contribution is 5.83. The highest BCUT2D eigenvalue weighted by Crippen LogP contribution is 2.69. The highest BCUT2D eigenvalue weighted by atomic mass is 19.1. The van der Waals surface area contributed by atoms with Crippen LogP contribution in [0.3, 0.4) is 0 Å². The van der Waals surface area contributed by atoms with E-state index in [9.17, 15) is 4.39 Å². The predicted octanol–water partition coefficient (Wildman–Crippen LogP) is 7.35. The number of hydrogen-bond acceptors (Lipinski definition) is 2. The summed E-state index contributed by atoms with van der Waals surface area (Å²) >= 11 is 0. The molecule has 3 fully saturated rings. The minimum Gasteiger partial charge on any atom is -0.359 e. The monoisotopic (exact) mass is 471 g/mol. The molecule has 6 atom stereocenters. The van der Waals surface area contributed by atoms with Gasteiger partial charge in [0.2, 0.25) is 0 Å². The molecule has 2 heterocycles. The van der Waals surface area contributed by atoms with E-state index in [1.807, 2.05) is 0 Å². The van der Waals surface area contributed by atoms with Crippen molar-refractivity contribution in [3.8, 4) is 0 Å². The molecule has 2 aliphatic heterocycles. The number of ether oxygens (including phenoxy) is 1. The van der Waals surface area contributed by atoms with Gasteiger partial charge in [-0.15, -0.1) is 0 Å². The largest absolute Gasteiger partial charge is 0.359 e. The Hall–Kier alpha value is -1.97. The molecule has 2 aromatic carbocycles. The summed E-state index contributed by atoms with van der Waals surface area (Å²) < 4.78 is 20.5. The van der Waals surface area contributed by atoms with E-state index in [4.69, 9.17) is 4.74 Å². The van der Waals surface area contributed by atoms with Crippen molar-refractivity contribution in [2.24, 2.45) is 11.3 Å². The van der Waals surface area contributed by atoms with E-state index >= 15 is 0 Å². The fourth-order valence-electron chi connectivity index (χ4n) is 9.05. The number of fused-ring (bicyclic) bond motifs is 2. The standard InChI is InChI=1S/C32H38FNO/c1-30-14-13-26-20-25-9-10-27(34(2)18-17-33)21-31(25)15-16-32(26,35-31)29(30)12-11-28(30)24-8-7-22-5-3-4-6-23(22)19-24/h3-8,13,19-20,27-29H,9-12,14-18,21H2,1-2H3/t27-,28-,29-,30-,31-,32-/m1/s1. The average molecular weight is 472 g/mol. The van der Waals surface area contributed by atoms with Crippen LogP contribution in [0.4, 0.5) is 4.39 Å². The van der Waals surface area contributed by atoms with Gasteiger partial charge in [0, 0.05) is 12.6 Å². The number of allylic oxidation sites excluding steroid dienone is 1. The van der Waals surface area contributed by atoms with Gasteiger partial charge in [-0.1, -0.05) is 61.5 Å². The first-order valence-electron chi connectivity index (χ1n) is 13.8. The van der Waals surface area contributed by atoms with Gasteiger partial charge in [-0.05, 0) is 103 Å². The minimum absolute atomic E-state index is 0.121. The van der Waals surface area contributed by atoms with E-state index in [0.717, 1.165) is 38.5 Å². The summed E-state index contributed by atoms with van der Waals surface area (Å²) in [5.74, 6) is 1.14. The summed E-state index contributed by atoms with van der Waals surface area (Å²) in [5, 5.41) is 2.69. The summed E-state index contributed by atoms with van der Waals surface area (Å²) in [7, 11) is 2.09. The Kier molecular flexibility index (Phi) is 4.93. The van der Waals surface area contributed by atoms with Gasteiger partial charge >= 0.3 is 0 Å². The molecular weight excluding hydrogens is 433 g/mol. The van der Waals surface area contributed by atoms with E-state index in [0.29, 0.717) is 24.4 Å². The summed E-state index contributed by atoms with van der Waals surface area (Å²) in [6.45, 7) is 2.82. The Morgan fingerprint density at radius 2 is 1.91 bits per heavy atom. The fourth-order valence-corrected chi connectivity index (χ4v) is 9.05. The Morgan fingerprint density at radius 3 is 2.77 bits per heavy atom. The number of hydrogen-bond donors (Lipinski definition) is 0. The third kappa shape index (κ3) is 3.07. The minimum atomic E-state index is -0.267. The van der Waals surface area contributed by atoms with Crippen LogP contribution >= 0.6 is 0 Å². The van der Waals surface area contributed by atoms with Crippen molar-refractivity contribution in [3.05, 3.63) is 71.3 Å². The first kappa shape index (κ1) is 22.2. The van der Waals surface area contributed by atoms with Crippen LogP contribution in [0, 0.1) is 11.3 Å². The first-order chi connectivity index (χ1) is 17.0. The maximum atomic E-state index is 13.1. The quantitative estimate of drug-likeness (QED) is 0.462. The van der Waals surface area contributed by atoms with Crippen LogP contribution in [-0.4, -0.2) is 42.4 Å². The first-order valence-corrected chi connectivity index (χ1v) is 13.8. The van der Waals surface area contributed by atoms with Gasteiger partial charge in [0.1, 0.15) is 6.67 Å². The van der Waals surface area contributed by atoms with Crippen molar-refractivity contribution in [2.45, 2.75) is 81.5 Å². The number of halogens is 1. The second kappa shape index (κ2) is 7.76. The van der Waals surface area contributed by atoms with E-state index in [1.54, 1.807) is 0 Å². The van der Waals surface area contributed by atoms with Gasteiger partial charge < -0.3 is 9.64 Å². The number of benzene rings is 2. The zero-order valence-corrected chi connectivity index (χ0v) is 21.2. The molecule has 184 valence electrons. The zero-order valence-electron chi connectivity index (χ0n) is 21.2. The fraction of sp³-hybridized carbons (Fsp3) is 0.562. The molecule has 0 N–H and O–H groups in total. The van der Waals surface area contributed by atoms with Crippen LogP contribution in [0.1, 0.15) is 69.8 Å². The van der Waals surface area contributed by atoms with E-state index in [2.05, 4.69) is 73.5 Å². The molecule has 7 rings (SSSR count). The molecule has 1 saturated heterocycles. The lowest BCUT2D eigenvalue weighted by Crippen LogP contribution is -2.55. The summed E-state index contributed by atoms with van der Waals surface area (Å²) in [6, 6.07) is 16.3. The summed E-state index contributed by atoms with van der Waals surface area (Å²) in [4.78, 5) is 2.24. The lowest BCUT2D eigenvalue weighted by Gasteiger charge is -2.55. The molecule has 2 nitrogen and oxygen atoms in total. The Balaban J connectivity index is 1.24. The molecule has 0 amide bonds. The molecule has 3 aliphatic carbocycles. The summed E-state index contributed by atoms with van der Waals surface area (Å²) in [6.07, 6.45) is 14.3. The van der Waals surface area contributed by atoms with Gasteiger partial charge in [0.15, 0.2) is 0 Å². The Bertz CT molecular complexity index is 1230. The SMILES string of the molecule is CN(CCF)[C@@H]1CCC2=CC3=CC[C@]4(C)[C@@H](c5ccc6ccccc6c5)CC[C@H]4[C@@]34CC[C@]2(C1)O4. The maximum absolute atomic E-state index is 13.1. The third-order valence-corrected chi connectivity index (χ3v) is 10.9. The topological polar surface area (TPSA) is 12.5 Å². The van der Waals surface area contributed by atoms with Gasteiger partial charge in [-0.3, -0.25) is 0 Å². The van der Waals surface area contributed by atoms with Crippen molar-refractivity contribution >= 4 is 10.8 Å². The number of nitrogens with zero attached hydrogens (tertiary/aromatic N) is 1. The smallest absolute Gasteiger partial charge is 0.102 e. The van der Waals surface area contributed by atoms with Gasteiger partial charge in [-0.25, -0.2) is 4.39 Å². The van der Waals surface area contributed by atoms with Gasteiger partial charge in [-0.2, -0.15) is 0 Å². The molecule has 3 heteroatoms. The molecule has 2 bridgehead atoms. The van der Waals surface area contributed by atoms with Crippen molar-refractivity contribution < 1.29 is 9.13 Å². The Morgan fingerprint density at radius 1 is 1.06 bits per heavy atom. The van der Waals surface area contributed by atoms with Crippen molar-refractivity contribution in [3.63, 3.8) is 0 Å². The second-order valence-electron chi connectivity index (χ2n) is 12.4.